The molecule has 1 amide bonds. The Kier molecular flexibility index (Phi) is 5.24. The number of fused-ring (bicyclic) bond motifs is 1. The van der Waals surface area contributed by atoms with E-state index >= 15 is 0 Å². The van der Waals surface area contributed by atoms with E-state index in [4.69, 9.17) is 0 Å². The Morgan fingerprint density at radius 3 is 2.50 bits per heavy atom. The monoisotopic (exact) mass is 393 g/mol. The number of halogens is 2. The number of rotatable bonds is 4. The van der Waals surface area contributed by atoms with Crippen molar-refractivity contribution >= 4 is 44.9 Å². The van der Waals surface area contributed by atoms with E-state index in [1.807, 2.05) is 13.8 Å². The van der Waals surface area contributed by atoms with Gasteiger partial charge in [0.1, 0.15) is 33.0 Å². The zero-order valence-electron chi connectivity index (χ0n) is 14.7. The third-order valence-electron chi connectivity index (χ3n) is 3.98. The van der Waals surface area contributed by atoms with Crippen LogP contribution in [0.3, 0.4) is 0 Å². The van der Waals surface area contributed by atoms with Crippen LogP contribution in [0, 0.1) is 32.4 Å². The van der Waals surface area contributed by atoms with Crippen molar-refractivity contribution in [3.05, 3.63) is 46.1 Å². The molecule has 0 saturated carbocycles. The molecule has 1 atom stereocenters. The van der Waals surface area contributed by atoms with Gasteiger partial charge in [-0.2, -0.15) is 0 Å². The summed E-state index contributed by atoms with van der Waals surface area (Å²) in [5.41, 5.74) is 0.650. The minimum Gasteiger partial charge on any atom is -0.320 e. The van der Waals surface area contributed by atoms with Gasteiger partial charge in [-0.1, -0.05) is 17.8 Å². The molecule has 0 aliphatic rings. The van der Waals surface area contributed by atoms with Gasteiger partial charge in [0.15, 0.2) is 0 Å². The molecule has 4 nitrogen and oxygen atoms in total. The molecule has 136 valence electrons. The van der Waals surface area contributed by atoms with Gasteiger partial charge < -0.3 is 5.32 Å². The minimum absolute atomic E-state index is 0.434. The Morgan fingerprint density at radius 2 is 1.85 bits per heavy atom. The molecule has 0 fully saturated rings. The quantitative estimate of drug-likeness (QED) is 0.500. The van der Waals surface area contributed by atoms with Crippen LogP contribution < -0.4 is 5.32 Å². The first-order valence-corrected chi connectivity index (χ1v) is 9.63. The van der Waals surface area contributed by atoms with E-state index < -0.39 is 28.5 Å². The lowest BCUT2D eigenvalue weighted by Gasteiger charge is -2.13. The SMILES string of the molecule is Cc1nc(SC(C)C(=O)Nc2c(F)cccc2F)c2c(C)c(C)sc2n1. The molecule has 1 unspecified atom stereocenters. The molecule has 0 bridgehead atoms. The molecule has 0 aliphatic carbocycles. The van der Waals surface area contributed by atoms with Crippen molar-refractivity contribution in [1.82, 2.24) is 9.97 Å². The molecule has 0 saturated heterocycles. The van der Waals surface area contributed by atoms with Crippen LogP contribution in [0.1, 0.15) is 23.2 Å². The molecule has 2 aromatic heterocycles. The van der Waals surface area contributed by atoms with Crippen LogP contribution in [0.2, 0.25) is 0 Å². The van der Waals surface area contributed by atoms with Crippen molar-refractivity contribution in [3.63, 3.8) is 0 Å². The van der Waals surface area contributed by atoms with E-state index in [0.717, 1.165) is 32.8 Å². The summed E-state index contributed by atoms with van der Waals surface area (Å²) in [7, 11) is 0. The third-order valence-corrected chi connectivity index (χ3v) is 6.16. The molecule has 0 spiro atoms. The number of carbonyl (C=O) groups is 1. The first-order valence-electron chi connectivity index (χ1n) is 7.93. The number of hydrogen-bond acceptors (Lipinski definition) is 5. The molecule has 26 heavy (non-hydrogen) atoms. The molecule has 0 aliphatic heterocycles. The van der Waals surface area contributed by atoms with Crippen molar-refractivity contribution < 1.29 is 13.6 Å². The summed E-state index contributed by atoms with van der Waals surface area (Å²) in [5, 5.41) is 3.37. The van der Waals surface area contributed by atoms with E-state index in [-0.39, 0.29) is 0 Å². The van der Waals surface area contributed by atoms with Crippen molar-refractivity contribution in [2.45, 2.75) is 38.0 Å². The second-order valence-corrected chi connectivity index (χ2v) is 8.42. The summed E-state index contributed by atoms with van der Waals surface area (Å²) < 4.78 is 27.5. The molecular formula is C18H17F2N3OS2. The third kappa shape index (κ3) is 3.57. The Morgan fingerprint density at radius 1 is 1.19 bits per heavy atom. The molecule has 0 radical (unpaired) electrons. The van der Waals surface area contributed by atoms with Crippen LogP contribution in [0.15, 0.2) is 23.2 Å². The van der Waals surface area contributed by atoms with Gasteiger partial charge in [-0.15, -0.1) is 11.3 Å². The molecular weight excluding hydrogens is 376 g/mol. The fraction of sp³-hybridized carbons (Fsp3) is 0.278. The summed E-state index contributed by atoms with van der Waals surface area (Å²) in [6.07, 6.45) is 0. The minimum atomic E-state index is -0.805. The van der Waals surface area contributed by atoms with Crippen molar-refractivity contribution in [3.8, 4) is 0 Å². The number of para-hydroxylation sites is 1. The maximum atomic E-state index is 13.7. The van der Waals surface area contributed by atoms with Gasteiger partial charge in [-0.3, -0.25) is 4.79 Å². The van der Waals surface area contributed by atoms with Gasteiger partial charge in [0, 0.05) is 10.3 Å². The number of nitrogens with zero attached hydrogens (tertiary/aromatic N) is 2. The Bertz CT molecular complexity index is 984. The standard InChI is InChI=1S/C18H17F2N3OS2/c1-8-9(2)25-17-14(8)18(22-11(4)21-17)26-10(3)16(24)23-15-12(19)6-5-7-13(15)20/h5-7,10H,1-4H3,(H,23,24). The van der Waals surface area contributed by atoms with E-state index in [1.165, 1.54) is 17.8 Å². The van der Waals surface area contributed by atoms with Gasteiger partial charge in [0.2, 0.25) is 5.91 Å². The van der Waals surface area contributed by atoms with Gasteiger partial charge in [0.05, 0.1) is 5.25 Å². The molecule has 3 rings (SSSR count). The highest BCUT2D eigenvalue weighted by Crippen LogP contribution is 2.36. The Balaban J connectivity index is 1.87. The largest absolute Gasteiger partial charge is 0.320 e. The average molecular weight is 393 g/mol. The number of nitrogens with one attached hydrogen (secondary N) is 1. The normalized spacial score (nSPS) is 12.4. The van der Waals surface area contributed by atoms with Gasteiger partial charge >= 0.3 is 0 Å². The number of amides is 1. The summed E-state index contributed by atoms with van der Waals surface area (Å²) in [6.45, 7) is 7.49. The summed E-state index contributed by atoms with van der Waals surface area (Å²) >= 11 is 2.84. The second-order valence-electron chi connectivity index (χ2n) is 5.89. The van der Waals surface area contributed by atoms with Crippen LogP contribution in [0.5, 0.6) is 0 Å². The molecule has 2 heterocycles. The van der Waals surface area contributed by atoms with Crippen molar-refractivity contribution in [2.24, 2.45) is 0 Å². The lowest BCUT2D eigenvalue weighted by atomic mass is 10.2. The summed E-state index contributed by atoms with van der Waals surface area (Å²) in [4.78, 5) is 23.4. The van der Waals surface area contributed by atoms with Crippen LogP contribution in [0.25, 0.3) is 10.2 Å². The molecule has 3 aromatic rings. The number of hydrogen-bond donors (Lipinski definition) is 1. The fourth-order valence-corrected chi connectivity index (χ4v) is 4.66. The number of carbonyl (C=O) groups excluding carboxylic acids is 1. The summed E-state index contributed by atoms with van der Waals surface area (Å²) in [5.74, 6) is -1.48. The fourth-order valence-electron chi connectivity index (χ4n) is 2.46. The van der Waals surface area contributed by atoms with E-state index in [0.29, 0.717) is 10.9 Å². The van der Waals surface area contributed by atoms with Gasteiger partial charge in [-0.05, 0) is 45.4 Å². The van der Waals surface area contributed by atoms with Crippen LogP contribution in [-0.2, 0) is 4.79 Å². The Labute approximate surface area is 158 Å². The highest BCUT2D eigenvalue weighted by Gasteiger charge is 2.22. The number of benzene rings is 1. The number of aryl methyl sites for hydroxylation is 3. The zero-order valence-corrected chi connectivity index (χ0v) is 16.3. The zero-order chi connectivity index (χ0) is 19.0. The highest BCUT2D eigenvalue weighted by atomic mass is 32.2. The lowest BCUT2D eigenvalue weighted by Crippen LogP contribution is -2.23. The maximum absolute atomic E-state index is 13.7. The topological polar surface area (TPSA) is 54.9 Å². The Hall–Kier alpha value is -2.06. The smallest absolute Gasteiger partial charge is 0.237 e. The lowest BCUT2D eigenvalue weighted by molar-refractivity contribution is -0.115. The van der Waals surface area contributed by atoms with Crippen LogP contribution in [0.4, 0.5) is 14.5 Å². The molecule has 1 N–H and O–H groups in total. The number of thioether (sulfide) groups is 1. The highest BCUT2D eigenvalue weighted by molar-refractivity contribution is 8.00. The molecule has 8 heteroatoms. The van der Waals surface area contributed by atoms with Crippen molar-refractivity contribution in [2.75, 3.05) is 5.32 Å². The van der Waals surface area contributed by atoms with Crippen LogP contribution in [-0.4, -0.2) is 21.1 Å². The second kappa shape index (κ2) is 7.28. The predicted molar refractivity (Wildman–Crippen MR) is 102 cm³/mol. The predicted octanol–water partition coefficient (Wildman–Crippen LogP) is 5.01. The number of aromatic nitrogens is 2. The van der Waals surface area contributed by atoms with E-state index in [1.54, 1.807) is 25.2 Å². The van der Waals surface area contributed by atoms with E-state index in [9.17, 15) is 13.6 Å². The maximum Gasteiger partial charge on any atom is 0.237 e. The number of thiophene rings is 1. The van der Waals surface area contributed by atoms with Crippen molar-refractivity contribution in [1.29, 1.82) is 0 Å². The number of anilines is 1. The first kappa shape index (κ1) is 18.7. The first-order chi connectivity index (χ1) is 12.3. The van der Waals surface area contributed by atoms with E-state index in [2.05, 4.69) is 15.3 Å². The average Bonchev–Trinajstić information content (AvgIpc) is 2.85. The van der Waals surface area contributed by atoms with Gasteiger partial charge in [0.25, 0.3) is 0 Å². The van der Waals surface area contributed by atoms with Crippen LogP contribution >= 0.6 is 23.1 Å². The summed E-state index contributed by atoms with van der Waals surface area (Å²) in [6, 6.07) is 3.46. The van der Waals surface area contributed by atoms with Gasteiger partial charge in [-0.25, -0.2) is 18.7 Å². The molecule has 1 aromatic carbocycles.